The van der Waals surface area contributed by atoms with Gasteiger partial charge in [0, 0.05) is 94.0 Å². The van der Waals surface area contributed by atoms with Crippen molar-refractivity contribution in [2.45, 2.75) is 170 Å². The molecular weight excluding hydrogens is 1490 g/mol. The van der Waals surface area contributed by atoms with Crippen LogP contribution in [-0.4, -0.2) is 239 Å². The second-order valence-electron chi connectivity index (χ2n) is 26.6. The molecule has 0 aliphatic carbocycles. The number of aliphatic hydroxyl groups is 6. The molecular formula is C79H100N5NaO24S2. The molecule has 0 radical (unpaired) electrons. The Bertz CT molecular complexity index is 3830. The molecule has 2 aliphatic rings. The molecule has 7 rings (SSSR count). The molecule has 2 aliphatic heterocycles. The van der Waals surface area contributed by atoms with Crippen LogP contribution < -0.4 is 66.0 Å². The zero-order chi connectivity index (χ0) is 79.8. The van der Waals surface area contributed by atoms with Gasteiger partial charge in [-0.15, -0.1) is 0 Å². The summed E-state index contributed by atoms with van der Waals surface area (Å²) >= 11 is 2.90. The molecule has 0 unspecified atom stereocenters. The van der Waals surface area contributed by atoms with Crippen LogP contribution in [0.4, 0.5) is 0 Å². The van der Waals surface area contributed by atoms with Gasteiger partial charge >= 0.3 is 41.5 Å². The molecule has 5 amide bonds. The van der Waals surface area contributed by atoms with Crippen LogP contribution in [-0.2, 0) is 57.2 Å². The van der Waals surface area contributed by atoms with Gasteiger partial charge in [0.25, 0.3) is 29.3 Å². The summed E-state index contributed by atoms with van der Waals surface area (Å²) in [4.78, 5) is 129. The Labute approximate surface area is 675 Å². The van der Waals surface area contributed by atoms with Crippen LogP contribution >= 0.6 is 23.5 Å². The maximum Gasteiger partial charge on any atom is 1.00 e. The molecule has 11 N–H and O–H groups in total. The quantitative estimate of drug-likeness (QED) is 0.0111. The van der Waals surface area contributed by atoms with Crippen molar-refractivity contribution in [2.75, 3.05) is 76.7 Å². The van der Waals surface area contributed by atoms with Crippen molar-refractivity contribution in [1.82, 2.24) is 26.6 Å². The van der Waals surface area contributed by atoms with Crippen molar-refractivity contribution in [3.8, 4) is 28.0 Å². The summed E-state index contributed by atoms with van der Waals surface area (Å²) in [5, 5.41) is 92.1. The molecule has 111 heavy (non-hydrogen) atoms. The van der Waals surface area contributed by atoms with Crippen LogP contribution in [0.5, 0.6) is 5.75 Å². The number of aliphatic carboxylic acids is 1. The summed E-state index contributed by atoms with van der Waals surface area (Å²) in [5.74, 6) is -9.10. The van der Waals surface area contributed by atoms with E-state index in [1.807, 2.05) is 60.7 Å². The summed E-state index contributed by atoms with van der Waals surface area (Å²) in [5.41, 5.74) is 4.58. The number of carbonyl (C=O) groups is 10. The molecule has 598 valence electrons. The number of amides is 5. The number of carboxylic acids is 1. The second kappa shape index (κ2) is 47.1. The number of esters is 2. The van der Waals surface area contributed by atoms with Crippen LogP contribution in [0.2, 0.25) is 0 Å². The zero-order valence-electron chi connectivity index (χ0n) is 63.0. The smallest absolute Gasteiger partial charge is 0.550 e. The van der Waals surface area contributed by atoms with Crippen LogP contribution in [0.25, 0.3) is 22.3 Å². The molecule has 2 saturated heterocycles. The molecule has 0 aromatic heterocycles. The van der Waals surface area contributed by atoms with E-state index < -0.39 is 146 Å². The van der Waals surface area contributed by atoms with E-state index in [4.69, 9.17) is 33.2 Å². The van der Waals surface area contributed by atoms with E-state index in [-0.39, 0.29) is 121 Å². The van der Waals surface area contributed by atoms with Gasteiger partial charge < -0.3 is 100 Å². The molecule has 0 spiro atoms. The number of ether oxygens (including phenoxy) is 7. The number of ketones is 2. The van der Waals surface area contributed by atoms with Gasteiger partial charge in [-0.2, -0.15) is 23.5 Å². The number of thioether (sulfide) groups is 2. The third kappa shape index (κ3) is 28.4. The number of aliphatic hydroxyl groups excluding tert-OH is 6. The Morgan fingerprint density at radius 2 is 0.919 bits per heavy atom. The third-order valence-corrected chi connectivity index (χ3v) is 20.5. The predicted octanol–water partition coefficient (Wildman–Crippen LogP) is 0.777. The maximum atomic E-state index is 13.9. The van der Waals surface area contributed by atoms with Gasteiger partial charge in [0.1, 0.15) is 35.9 Å². The van der Waals surface area contributed by atoms with Crippen LogP contribution in [0.1, 0.15) is 139 Å². The third-order valence-electron chi connectivity index (χ3n) is 18.3. The van der Waals surface area contributed by atoms with Crippen molar-refractivity contribution in [1.29, 1.82) is 0 Å². The fraction of sp³-hybridized carbons (Fsp3) is 0.494. The number of benzene rings is 5. The largest absolute Gasteiger partial charge is 1.00 e. The first-order valence-electron chi connectivity index (χ1n) is 36.5. The molecule has 12 atom stereocenters. The maximum absolute atomic E-state index is 13.9. The van der Waals surface area contributed by atoms with Gasteiger partial charge in [-0.05, 0) is 133 Å². The summed E-state index contributed by atoms with van der Waals surface area (Å²) in [6.45, 7) is 1.37. The fourth-order valence-corrected chi connectivity index (χ4v) is 14.2. The minimum Gasteiger partial charge on any atom is -0.550 e. The summed E-state index contributed by atoms with van der Waals surface area (Å²) in [6, 6.07) is 34.3. The van der Waals surface area contributed by atoms with Gasteiger partial charge in [-0.1, -0.05) is 84.9 Å². The molecule has 32 heteroatoms. The average molecular weight is 1590 g/mol. The van der Waals surface area contributed by atoms with E-state index in [2.05, 4.69) is 26.6 Å². The van der Waals surface area contributed by atoms with Gasteiger partial charge in [0.05, 0.1) is 76.1 Å². The van der Waals surface area contributed by atoms with E-state index in [9.17, 15) is 83.7 Å². The molecule has 2 heterocycles. The van der Waals surface area contributed by atoms with E-state index in [1.54, 1.807) is 48.5 Å². The first-order valence-corrected chi connectivity index (χ1v) is 38.9. The number of carboxylic acid groups (broad SMARTS) is 1. The number of methoxy groups -OCH3 is 2. The van der Waals surface area contributed by atoms with E-state index in [0.717, 1.165) is 36.5 Å². The van der Waals surface area contributed by atoms with Crippen LogP contribution in [0.15, 0.2) is 127 Å². The first-order chi connectivity index (χ1) is 52.8. The zero-order valence-corrected chi connectivity index (χ0v) is 66.6. The van der Waals surface area contributed by atoms with Crippen molar-refractivity contribution in [3.05, 3.63) is 150 Å². The van der Waals surface area contributed by atoms with Crippen LogP contribution in [0, 0.1) is 0 Å². The number of unbranched alkanes of at least 4 members (excludes halogenated alkanes) is 2. The number of Topliss-reactive ketones (excluding diaryl/α,β-unsaturated/α-hetero) is 2. The minimum atomic E-state index is -2.30. The van der Waals surface area contributed by atoms with Crippen molar-refractivity contribution >= 4 is 82.5 Å². The van der Waals surface area contributed by atoms with Crippen molar-refractivity contribution in [2.24, 2.45) is 0 Å². The van der Waals surface area contributed by atoms with Gasteiger partial charge in [0.2, 0.25) is 11.8 Å². The number of carbonyl (C=O) groups excluding carboxylic acids is 10. The molecule has 5 aromatic rings. The Hall–Kier alpha value is -7.70. The second-order valence-corrected chi connectivity index (χ2v) is 29.1. The Morgan fingerprint density at radius 1 is 0.505 bits per heavy atom. The van der Waals surface area contributed by atoms with E-state index >= 15 is 0 Å². The minimum absolute atomic E-state index is 0. The molecule has 29 nitrogen and oxygen atoms in total. The number of hydrogen-bond acceptors (Lipinski definition) is 26. The topological polar surface area (TPSA) is 440 Å². The summed E-state index contributed by atoms with van der Waals surface area (Å²) < 4.78 is 40.4. The summed E-state index contributed by atoms with van der Waals surface area (Å²) in [6.07, 6.45) is -11.8. The number of nitrogens with one attached hydrogen (secondary N) is 5. The number of hydrogen-bond donors (Lipinski definition) is 11. The van der Waals surface area contributed by atoms with Gasteiger partial charge in [-0.3, -0.25) is 33.6 Å². The van der Waals surface area contributed by atoms with Crippen molar-refractivity contribution in [3.63, 3.8) is 0 Å². The fourth-order valence-electron chi connectivity index (χ4n) is 12.5. The van der Waals surface area contributed by atoms with E-state index in [0.29, 0.717) is 68.0 Å². The number of rotatable bonds is 46. The van der Waals surface area contributed by atoms with Gasteiger partial charge in [0.15, 0.2) is 5.78 Å². The molecule has 5 aromatic carbocycles. The Morgan fingerprint density at radius 3 is 1.37 bits per heavy atom. The van der Waals surface area contributed by atoms with Gasteiger partial charge in [-0.25, -0.2) is 9.59 Å². The predicted molar refractivity (Wildman–Crippen MR) is 404 cm³/mol. The standard InChI is InChI=1S/C79H101N5O24S2.Na/c1-49(85)83-67-61(89)45-78(76(100)102-3,107-71(67)69(95)63(91)47-81-73(97)55-30-26-53(27-31-55)51-18-7-5-8-19-51)105-38-16-41-109-40-15-24-60(88)59-35-34-57(44-65(59)104-37-14-13-23-58(87)22-11-12-25-66(93)94)75(99)80-36-43-110-42-17-39-106-79(77(101)103-4)46-62(90)68(84-50(2)86)72(108-79)70(96)64(92)48-82-74(98)56-32-28-54(29-33-56)52-20-9-6-10-21-52;/h5-10,18-21,26-35,44,61-64,67-72,89-92,95-96H,11-17,22-25,36-43,45-48H2,1-4H3,(H,80,99)(H,81,97)(H,82,98)(H,83,85)(H,84,86)(H,93,94);/q;+1/p-1/t61-,62-,63+,64+,67+,68+,69+,70+,71+,72+,78+,79+;/m0./s1. The monoisotopic (exact) mass is 1590 g/mol. The van der Waals surface area contributed by atoms with Crippen molar-refractivity contribution < 1.29 is 146 Å². The van der Waals surface area contributed by atoms with Crippen LogP contribution in [0.3, 0.4) is 0 Å². The normalized spacial score (nSPS) is 20.5. The SMILES string of the molecule is COC(=O)[C@@]1(OCCCSCCCC(=O)c2ccc(C(=O)NCCSCCCO[C@]3(C(=O)OC)C[C@H](O)[C@@H](NC(C)=O)[C@H]([C@H](O)[C@H](O)CNC(=O)c4ccc(-c5ccccc5)cc4)O3)cc2OCCCCC(=O)CCCCC(=O)[O-])C[C@H](O)[C@@H](NC(C)=O)[C@H]([C@H](O)[C@H](O)CNC(=O)c2ccc(-c3ccccc3)cc2)O1.[Na+]. The Kier molecular flexibility index (Phi) is 39.1. The molecule has 2 fully saturated rings. The average Bonchev–Trinajstić information content (AvgIpc) is 0.770. The summed E-state index contributed by atoms with van der Waals surface area (Å²) in [7, 11) is 2.14. The Balaban J connectivity index is 0.0000192. The van der Waals surface area contributed by atoms with E-state index in [1.165, 1.54) is 55.6 Å². The first kappa shape index (κ1) is 92.2. The molecule has 0 bridgehead atoms. The molecule has 0 saturated carbocycles.